The predicted octanol–water partition coefficient (Wildman–Crippen LogP) is 5.00. The van der Waals surface area contributed by atoms with Crippen molar-refractivity contribution >= 4 is 5.91 Å². The Kier molecular flexibility index (Phi) is 6.88. The molecule has 1 amide bonds. The van der Waals surface area contributed by atoms with E-state index in [0.29, 0.717) is 30.9 Å². The van der Waals surface area contributed by atoms with Crippen molar-refractivity contribution in [2.24, 2.45) is 5.92 Å². The molecule has 0 spiro atoms. The summed E-state index contributed by atoms with van der Waals surface area (Å²) in [5.41, 5.74) is 2.39. The molecular formula is C25H32N2O3. The molecule has 0 saturated heterocycles. The van der Waals surface area contributed by atoms with Gasteiger partial charge in [-0.25, -0.2) is 0 Å². The molecule has 5 nitrogen and oxygen atoms in total. The summed E-state index contributed by atoms with van der Waals surface area (Å²) in [5, 5.41) is 3.04. The number of carbonyl (C=O) groups is 1. The van der Waals surface area contributed by atoms with Gasteiger partial charge in [-0.1, -0.05) is 6.07 Å². The van der Waals surface area contributed by atoms with E-state index in [0.717, 1.165) is 49.2 Å². The first-order valence-electron chi connectivity index (χ1n) is 11.2. The number of nitrogens with one attached hydrogen (secondary N) is 1. The van der Waals surface area contributed by atoms with Crippen LogP contribution in [-0.4, -0.2) is 24.1 Å². The van der Waals surface area contributed by atoms with Gasteiger partial charge in [-0.05, 0) is 92.2 Å². The van der Waals surface area contributed by atoms with Crippen molar-refractivity contribution in [2.75, 3.05) is 7.11 Å². The highest BCUT2D eigenvalue weighted by atomic mass is 16.5. The van der Waals surface area contributed by atoms with Crippen LogP contribution < -0.4 is 14.8 Å². The Balaban J connectivity index is 1.31. The zero-order valence-corrected chi connectivity index (χ0v) is 17.8. The number of nitrogens with zero attached hydrogens (tertiary/aromatic N) is 1. The minimum absolute atomic E-state index is 0.137. The van der Waals surface area contributed by atoms with E-state index in [1.165, 1.54) is 18.4 Å². The highest BCUT2D eigenvalue weighted by Crippen LogP contribution is 2.42. The maximum atomic E-state index is 12.4. The van der Waals surface area contributed by atoms with E-state index >= 15 is 0 Å². The van der Waals surface area contributed by atoms with Gasteiger partial charge >= 0.3 is 0 Å². The molecule has 0 radical (unpaired) electrons. The summed E-state index contributed by atoms with van der Waals surface area (Å²) < 4.78 is 11.8. The maximum absolute atomic E-state index is 12.4. The summed E-state index contributed by atoms with van der Waals surface area (Å²) in [4.78, 5) is 16.4. The van der Waals surface area contributed by atoms with Gasteiger partial charge in [0.2, 0.25) is 5.91 Å². The number of hydrogen-bond acceptors (Lipinski definition) is 4. The van der Waals surface area contributed by atoms with Crippen molar-refractivity contribution in [3.05, 3.63) is 53.9 Å². The Bertz CT molecular complexity index is 834. The quantitative estimate of drug-likeness (QED) is 0.668. The molecule has 160 valence electrons. The number of benzene rings is 1. The van der Waals surface area contributed by atoms with Gasteiger partial charge in [-0.15, -0.1) is 0 Å². The highest BCUT2D eigenvalue weighted by molar-refractivity contribution is 5.76. The normalized spacial score (nSPS) is 21.5. The van der Waals surface area contributed by atoms with E-state index in [1.807, 2.05) is 18.2 Å². The summed E-state index contributed by atoms with van der Waals surface area (Å²) in [6.07, 6.45) is 12.5. The van der Waals surface area contributed by atoms with Crippen LogP contribution in [0.1, 0.15) is 68.4 Å². The lowest BCUT2D eigenvalue weighted by Gasteiger charge is -2.19. The molecule has 1 N–H and O–H groups in total. The molecule has 1 aromatic heterocycles. The third kappa shape index (κ3) is 5.32. The van der Waals surface area contributed by atoms with Gasteiger partial charge in [0, 0.05) is 25.4 Å². The van der Waals surface area contributed by atoms with Gasteiger partial charge in [-0.2, -0.15) is 0 Å². The van der Waals surface area contributed by atoms with Gasteiger partial charge in [0.15, 0.2) is 11.5 Å². The van der Waals surface area contributed by atoms with E-state index in [4.69, 9.17) is 9.47 Å². The largest absolute Gasteiger partial charge is 0.493 e. The fourth-order valence-corrected chi connectivity index (χ4v) is 4.82. The van der Waals surface area contributed by atoms with E-state index < -0.39 is 0 Å². The van der Waals surface area contributed by atoms with Gasteiger partial charge in [0.1, 0.15) is 0 Å². The molecule has 2 saturated carbocycles. The lowest BCUT2D eigenvalue weighted by atomic mass is 9.95. The van der Waals surface area contributed by atoms with Gasteiger partial charge in [0.05, 0.1) is 13.2 Å². The van der Waals surface area contributed by atoms with Crippen LogP contribution in [0.25, 0.3) is 0 Å². The summed E-state index contributed by atoms with van der Waals surface area (Å²) in [6, 6.07) is 10.2. The summed E-state index contributed by atoms with van der Waals surface area (Å²) in [6.45, 7) is 0.567. The Labute approximate surface area is 179 Å². The second kappa shape index (κ2) is 9.96. The second-order valence-corrected chi connectivity index (χ2v) is 8.65. The SMILES string of the molecule is COc1ccc(C2CCC(CC(=O)NCc3ccncc3)C2)cc1OC1CCCC1. The van der Waals surface area contributed by atoms with Gasteiger partial charge < -0.3 is 14.8 Å². The minimum Gasteiger partial charge on any atom is -0.493 e. The molecule has 2 aliphatic carbocycles. The third-order valence-electron chi connectivity index (χ3n) is 6.51. The lowest BCUT2D eigenvalue weighted by Crippen LogP contribution is -2.24. The Hall–Kier alpha value is -2.56. The number of aromatic nitrogens is 1. The molecule has 0 aliphatic heterocycles. The van der Waals surface area contributed by atoms with E-state index in [1.54, 1.807) is 19.5 Å². The number of rotatable bonds is 8. The predicted molar refractivity (Wildman–Crippen MR) is 117 cm³/mol. The average molecular weight is 409 g/mol. The summed E-state index contributed by atoms with van der Waals surface area (Å²) >= 11 is 0. The lowest BCUT2D eigenvalue weighted by molar-refractivity contribution is -0.122. The Morgan fingerprint density at radius 1 is 1.07 bits per heavy atom. The molecule has 4 rings (SSSR count). The fourth-order valence-electron chi connectivity index (χ4n) is 4.82. The minimum atomic E-state index is 0.137. The molecular weight excluding hydrogens is 376 g/mol. The number of pyridine rings is 1. The van der Waals surface area contributed by atoms with Crippen LogP contribution in [0.4, 0.5) is 0 Å². The monoisotopic (exact) mass is 408 g/mol. The molecule has 2 aromatic rings. The summed E-state index contributed by atoms with van der Waals surface area (Å²) in [7, 11) is 1.70. The Morgan fingerprint density at radius 3 is 2.63 bits per heavy atom. The Morgan fingerprint density at radius 2 is 1.87 bits per heavy atom. The van der Waals surface area contributed by atoms with Crippen molar-refractivity contribution < 1.29 is 14.3 Å². The molecule has 30 heavy (non-hydrogen) atoms. The van der Waals surface area contributed by atoms with Crippen LogP contribution >= 0.6 is 0 Å². The standard InChI is InChI=1S/C25H32N2O3/c1-29-23-9-8-21(16-24(23)30-22-4-2-3-5-22)20-7-6-19(14-20)15-25(28)27-17-18-10-12-26-13-11-18/h8-13,16,19-20,22H,2-7,14-15,17H2,1H3,(H,27,28). The number of methoxy groups -OCH3 is 1. The molecule has 5 heteroatoms. The van der Waals surface area contributed by atoms with Crippen LogP contribution in [0, 0.1) is 5.92 Å². The number of amides is 1. The summed E-state index contributed by atoms with van der Waals surface area (Å²) in [5.74, 6) is 2.75. The van der Waals surface area contributed by atoms with Crippen molar-refractivity contribution in [1.82, 2.24) is 10.3 Å². The van der Waals surface area contributed by atoms with Crippen LogP contribution in [0.5, 0.6) is 11.5 Å². The van der Waals surface area contributed by atoms with Crippen LogP contribution in [0.15, 0.2) is 42.7 Å². The molecule has 0 bridgehead atoms. The zero-order valence-electron chi connectivity index (χ0n) is 17.8. The number of ether oxygens (including phenoxy) is 2. The first-order chi connectivity index (χ1) is 14.7. The smallest absolute Gasteiger partial charge is 0.220 e. The van der Waals surface area contributed by atoms with Crippen LogP contribution in [0.2, 0.25) is 0 Å². The molecule has 2 fully saturated rings. The van der Waals surface area contributed by atoms with Crippen molar-refractivity contribution in [1.29, 1.82) is 0 Å². The highest BCUT2D eigenvalue weighted by Gasteiger charge is 2.28. The average Bonchev–Trinajstić information content (AvgIpc) is 3.45. The third-order valence-corrected chi connectivity index (χ3v) is 6.51. The van der Waals surface area contributed by atoms with Crippen molar-refractivity contribution in [3.8, 4) is 11.5 Å². The zero-order chi connectivity index (χ0) is 20.8. The second-order valence-electron chi connectivity index (χ2n) is 8.65. The van der Waals surface area contributed by atoms with E-state index in [-0.39, 0.29) is 5.91 Å². The van der Waals surface area contributed by atoms with E-state index in [2.05, 4.69) is 22.4 Å². The molecule has 2 unspecified atom stereocenters. The molecule has 2 aliphatic rings. The van der Waals surface area contributed by atoms with Crippen LogP contribution in [-0.2, 0) is 11.3 Å². The fraction of sp³-hybridized carbons (Fsp3) is 0.520. The maximum Gasteiger partial charge on any atom is 0.220 e. The number of carbonyl (C=O) groups excluding carboxylic acids is 1. The first-order valence-corrected chi connectivity index (χ1v) is 11.2. The molecule has 1 heterocycles. The molecule has 2 atom stereocenters. The van der Waals surface area contributed by atoms with Gasteiger partial charge in [-0.3, -0.25) is 9.78 Å². The van der Waals surface area contributed by atoms with Crippen LogP contribution in [0.3, 0.4) is 0 Å². The van der Waals surface area contributed by atoms with Gasteiger partial charge in [0.25, 0.3) is 0 Å². The van der Waals surface area contributed by atoms with Crippen molar-refractivity contribution in [3.63, 3.8) is 0 Å². The van der Waals surface area contributed by atoms with E-state index in [9.17, 15) is 4.79 Å². The molecule has 1 aromatic carbocycles. The topological polar surface area (TPSA) is 60.5 Å². The number of hydrogen-bond donors (Lipinski definition) is 1. The first kappa shape index (κ1) is 20.7. The van der Waals surface area contributed by atoms with Crippen molar-refractivity contribution in [2.45, 2.75) is 69.9 Å².